The van der Waals surface area contributed by atoms with E-state index in [0.29, 0.717) is 6.42 Å². The number of carboxylic acid groups (broad SMARTS) is 1. The van der Waals surface area contributed by atoms with E-state index in [1.807, 2.05) is 0 Å². The van der Waals surface area contributed by atoms with E-state index in [-0.39, 0.29) is 0 Å². The van der Waals surface area contributed by atoms with E-state index >= 15 is 0 Å². The van der Waals surface area contributed by atoms with Gasteiger partial charge in [0.2, 0.25) is 0 Å². The fraction of sp³-hybridized carbons (Fsp3) is 0.615. The summed E-state index contributed by atoms with van der Waals surface area (Å²) < 4.78 is 0. The van der Waals surface area contributed by atoms with Gasteiger partial charge in [-0.25, -0.2) is 0 Å². The molecule has 0 bridgehead atoms. The minimum Gasteiger partial charge on any atom is -0.481 e. The van der Waals surface area contributed by atoms with Gasteiger partial charge in [0.05, 0.1) is 6.10 Å². The second-order valence-corrected chi connectivity index (χ2v) is 4.35. The highest BCUT2D eigenvalue weighted by Gasteiger charge is 2.42. The summed E-state index contributed by atoms with van der Waals surface area (Å²) in [6.07, 6.45) is 10.3. The van der Waals surface area contributed by atoms with Gasteiger partial charge in [0.25, 0.3) is 0 Å². The van der Waals surface area contributed by atoms with Gasteiger partial charge in [-0.2, -0.15) is 0 Å². The molecular formula is C13H20O3. The van der Waals surface area contributed by atoms with E-state index in [0.717, 1.165) is 25.7 Å². The lowest BCUT2D eigenvalue weighted by molar-refractivity contribution is -0.151. The van der Waals surface area contributed by atoms with Gasteiger partial charge in [0.15, 0.2) is 0 Å². The maximum absolute atomic E-state index is 11.3. The number of allylic oxidation sites excluding steroid dienone is 2. The molecule has 2 unspecified atom stereocenters. The van der Waals surface area contributed by atoms with Crippen molar-refractivity contribution in [2.75, 3.05) is 0 Å². The van der Waals surface area contributed by atoms with Crippen LogP contribution in [-0.2, 0) is 4.79 Å². The maximum Gasteiger partial charge on any atom is 0.316 e. The van der Waals surface area contributed by atoms with Crippen LogP contribution in [-0.4, -0.2) is 22.3 Å². The lowest BCUT2D eigenvalue weighted by Gasteiger charge is -2.31. The molecule has 2 N–H and O–H groups in total. The zero-order valence-corrected chi connectivity index (χ0v) is 9.72. The predicted molar refractivity (Wildman–Crippen MR) is 63.1 cm³/mol. The van der Waals surface area contributed by atoms with Crippen LogP contribution in [0.1, 0.15) is 39.0 Å². The zero-order chi connectivity index (χ0) is 12.0. The third-order valence-corrected chi connectivity index (χ3v) is 3.17. The van der Waals surface area contributed by atoms with E-state index in [1.54, 1.807) is 24.3 Å². The number of carbonyl (C=O) groups is 1. The van der Waals surface area contributed by atoms with Crippen molar-refractivity contribution in [2.45, 2.75) is 45.1 Å². The first-order chi connectivity index (χ1) is 7.63. The third-order valence-electron chi connectivity index (χ3n) is 3.17. The van der Waals surface area contributed by atoms with Crippen LogP contribution in [0.3, 0.4) is 0 Å². The summed E-state index contributed by atoms with van der Waals surface area (Å²) in [4.78, 5) is 11.3. The van der Waals surface area contributed by atoms with Crippen molar-refractivity contribution in [1.82, 2.24) is 0 Å². The van der Waals surface area contributed by atoms with E-state index < -0.39 is 17.5 Å². The average Bonchev–Trinajstić information content (AvgIpc) is 2.26. The second kappa shape index (κ2) is 5.85. The molecule has 0 aromatic heterocycles. The van der Waals surface area contributed by atoms with Crippen LogP contribution in [0.5, 0.6) is 0 Å². The second-order valence-electron chi connectivity index (χ2n) is 4.35. The van der Waals surface area contributed by atoms with Crippen LogP contribution in [0.4, 0.5) is 0 Å². The zero-order valence-electron chi connectivity index (χ0n) is 9.72. The Morgan fingerprint density at radius 3 is 2.62 bits per heavy atom. The van der Waals surface area contributed by atoms with Crippen LogP contribution in [0.2, 0.25) is 0 Å². The third kappa shape index (κ3) is 2.73. The lowest BCUT2D eigenvalue weighted by atomic mass is 9.75. The van der Waals surface area contributed by atoms with Crippen molar-refractivity contribution in [1.29, 1.82) is 0 Å². The van der Waals surface area contributed by atoms with Crippen LogP contribution in [0, 0.1) is 5.41 Å². The number of hydrogen-bond acceptors (Lipinski definition) is 2. The molecule has 0 saturated carbocycles. The molecule has 0 amide bonds. The van der Waals surface area contributed by atoms with E-state index in [1.165, 1.54) is 0 Å². The standard InChI is InChI=1S/C13H20O3/c1-2-3-4-6-9-13(12(15)16)10-7-5-8-11(13)14/h5,7-8,10-11,14H,2-4,6,9H2,1H3,(H,15,16). The Bertz CT molecular complexity index is 294. The summed E-state index contributed by atoms with van der Waals surface area (Å²) in [5, 5.41) is 19.1. The number of hydrogen-bond donors (Lipinski definition) is 2. The van der Waals surface area contributed by atoms with Gasteiger partial charge in [-0.1, -0.05) is 56.9 Å². The highest BCUT2D eigenvalue weighted by Crippen LogP contribution is 2.34. The van der Waals surface area contributed by atoms with Crippen LogP contribution >= 0.6 is 0 Å². The van der Waals surface area contributed by atoms with Gasteiger partial charge in [-0.3, -0.25) is 4.79 Å². The van der Waals surface area contributed by atoms with Crippen molar-refractivity contribution in [3.8, 4) is 0 Å². The number of aliphatic hydroxyl groups is 1. The molecule has 0 fully saturated rings. The summed E-state index contributed by atoms with van der Waals surface area (Å²) >= 11 is 0. The summed E-state index contributed by atoms with van der Waals surface area (Å²) in [6, 6.07) is 0. The number of unbranched alkanes of at least 4 members (excludes halogenated alkanes) is 3. The topological polar surface area (TPSA) is 57.5 Å². The Labute approximate surface area is 96.5 Å². The highest BCUT2D eigenvalue weighted by atomic mass is 16.4. The minimum absolute atomic E-state index is 0.504. The summed E-state index contributed by atoms with van der Waals surface area (Å²) in [5.41, 5.74) is -1.11. The molecule has 3 nitrogen and oxygen atoms in total. The molecule has 1 aliphatic rings. The maximum atomic E-state index is 11.3. The number of carboxylic acids is 1. The molecule has 90 valence electrons. The Kier molecular flexibility index (Phi) is 4.74. The number of rotatable bonds is 6. The van der Waals surface area contributed by atoms with Gasteiger partial charge in [0.1, 0.15) is 5.41 Å². The molecule has 0 radical (unpaired) electrons. The predicted octanol–water partition coefficient (Wildman–Crippen LogP) is 2.51. The molecular weight excluding hydrogens is 204 g/mol. The molecule has 0 saturated heterocycles. The van der Waals surface area contributed by atoms with Gasteiger partial charge in [0, 0.05) is 0 Å². The lowest BCUT2D eigenvalue weighted by Crippen LogP contribution is -2.40. The first-order valence-corrected chi connectivity index (χ1v) is 5.91. The van der Waals surface area contributed by atoms with E-state index in [4.69, 9.17) is 0 Å². The Balaban J connectivity index is 2.63. The highest BCUT2D eigenvalue weighted by molar-refractivity contribution is 5.79. The van der Waals surface area contributed by atoms with Crippen molar-refractivity contribution in [3.05, 3.63) is 24.3 Å². The fourth-order valence-corrected chi connectivity index (χ4v) is 2.05. The summed E-state index contributed by atoms with van der Waals surface area (Å²) in [7, 11) is 0. The molecule has 3 heteroatoms. The van der Waals surface area contributed by atoms with Crippen molar-refractivity contribution >= 4 is 5.97 Å². The number of aliphatic hydroxyl groups excluding tert-OH is 1. The first-order valence-electron chi connectivity index (χ1n) is 5.91. The SMILES string of the molecule is CCCCCCC1(C(=O)O)C=CC=CC1O. The Morgan fingerprint density at radius 2 is 2.06 bits per heavy atom. The molecule has 2 atom stereocenters. The van der Waals surface area contributed by atoms with E-state index in [2.05, 4.69) is 6.92 Å². The molecule has 0 heterocycles. The Hall–Kier alpha value is -1.09. The fourth-order valence-electron chi connectivity index (χ4n) is 2.05. The first kappa shape index (κ1) is 13.0. The quantitative estimate of drug-likeness (QED) is 0.681. The largest absolute Gasteiger partial charge is 0.481 e. The van der Waals surface area contributed by atoms with Crippen molar-refractivity contribution in [3.63, 3.8) is 0 Å². The molecule has 0 aromatic carbocycles. The van der Waals surface area contributed by atoms with E-state index in [9.17, 15) is 15.0 Å². The average molecular weight is 224 g/mol. The van der Waals surface area contributed by atoms with Crippen LogP contribution in [0.25, 0.3) is 0 Å². The molecule has 1 rings (SSSR count). The molecule has 0 aromatic rings. The van der Waals surface area contributed by atoms with Crippen LogP contribution < -0.4 is 0 Å². The molecule has 0 spiro atoms. The molecule has 1 aliphatic carbocycles. The molecule has 0 aliphatic heterocycles. The summed E-state index contributed by atoms with van der Waals surface area (Å²) in [5.74, 6) is -0.933. The van der Waals surface area contributed by atoms with Gasteiger partial charge < -0.3 is 10.2 Å². The normalized spacial score (nSPS) is 28.2. The minimum atomic E-state index is -1.11. The van der Waals surface area contributed by atoms with Gasteiger partial charge in [-0.05, 0) is 6.42 Å². The van der Waals surface area contributed by atoms with Crippen LogP contribution in [0.15, 0.2) is 24.3 Å². The van der Waals surface area contributed by atoms with Crippen molar-refractivity contribution < 1.29 is 15.0 Å². The monoisotopic (exact) mass is 224 g/mol. The molecule has 16 heavy (non-hydrogen) atoms. The van der Waals surface area contributed by atoms with Crippen molar-refractivity contribution in [2.24, 2.45) is 5.41 Å². The van der Waals surface area contributed by atoms with Gasteiger partial charge in [-0.15, -0.1) is 0 Å². The smallest absolute Gasteiger partial charge is 0.316 e. The van der Waals surface area contributed by atoms with Gasteiger partial charge >= 0.3 is 5.97 Å². The Morgan fingerprint density at radius 1 is 1.31 bits per heavy atom. The number of aliphatic carboxylic acids is 1. The summed E-state index contributed by atoms with van der Waals surface area (Å²) in [6.45, 7) is 2.12.